The summed E-state index contributed by atoms with van der Waals surface area (Å²) in [5.74, 6) is -2.66. The number of ether oxygens (including phenoxy) is 1. The van der Waals surface area contributed by atoms with Crippen LogP contribution in [-0.4, -0.2) is 26.3 Å². The molecule has 6 nitrogen and oxygen atoms in total. The molecule has 0 radical (unpaired) electrons. The lowest BCUT2D eigenvalue weighted by Crippen LogP contribution is -2.23. The second-order valence-electron chi connectivity index (χ2n) is 10.3. The fraction of sp³-hybridized carbons (Fsp3) is 0.250. The van der Waals surface area contributed by atoms with Gasteiger partial charge in [-0.1, -0.05) is 31.7 Å². The van der Waals surface area contributed by atoms with Crippen LogP contribution in [0, 0.1) is 17.5 Å². The van der Waals surface area contributed by atoms with Crippen molar-refractivity contribution in [1.29, 1.82) is 0 Å². The van der Waals surface area contributed by atoms with Gasteiger partial charge in [0.1, 0.15) is 29.3 Å². The molecule has 9 heteroatoms. The maximum atomic E-state index is 15.2. The van der Waals surface area contributed by atoms with Crippen LogP contribution >= 0.6 is 0 Å². The van der Waals surface area contributed by atoms with E-state index in [1.165, 1.54) is 24.4 Å². The summed E-state index contributed by atoms with van der Waals surface area (Å²) in [6, 6.07) is 12.8. The molecule has 0 saturated heterocycles. The lowest BCUT2D eigenvalue weighted by Gasteiger charge is -2.23. The van der Waals surface area contributed by atoms with E-state index < -0.39 is 23.1 Å². The molecule has 212 valence electrons. The quantitative estimate of drug-likeness (QED) is 0.161. The lowest BCUT2D eigenvalue weighted by molar-refractivity contribution is -0.107. The molecule has 1 atom stereocenters. The largest absolute Gasteiger partial charge is 0.454 e. The van der Waals surface area contributed by atoms with E-state index in [2.05, 4.69) is 15.0 Å². The van der Waals surface area contributed by atoms with Crippen LogP contribution in [0.15, 0.2) is 60.9 Å². The number of aromatic nitrogens is 3. The number of aldehydes is 1. The Labute approximate surface area is 235 Å². The molecule has 1 fully saturated rings. The summed E-state index contributed by atoms with van der Waals surface area (Å²) in [6.45, 7) is 1.59. The summed E-state index contributed by atoms with van der Waals surface area (Å²) in [7, 11) is 0. The number of benzene rings is 3. The first-order chi connectivity index (χ1) is 19.3. The van der Waals surface area contributed by atoms with Crippen LogP contribution in [0.5, 0.6) is 11.5 Å². The van der Waals surface area contributed by atoms with Crippen molar-refractivity contribution in [3.8, 4) is 22.9 Å². The first-order valence-electron chi connectivity index (χ1n) is 13.0. The zero-order chi connectivity index (χ0) is 28.0. The number of nitrogens with zero attached hydrogens (tertiary/aromatic N) is 1. The van der Waals surface area contributed by atoms with Gasteiger partial charge in [0.2, 0.25) is 5.82 Å². The van der Waals surface area contributed by atoms with Gasteiger partial charge in [-0.25, -0.2) is 13.8 Å². The third-order valence-corrected chi connectivity index (χ3v) is 7.43. The van der Waals surface area contributed by atoms with E-state index >= 15 is 4.39 Å². The number of aliphatic hydroxyl groups is 1. The van der Waals surface area contributed by atoms with E-state index in [1.54, 1.807) is 31.3 Å². The highest BCUT2D eigenvalue weighted by atomic mass is 19.2. The number of carbonyl (C=O) groups excluding carboxylic acids is 1. The van der Waals surface area contributed by atoms with E-state index in [0.29, 0.717) is 35.0 Å². The summed E-state index contributed by atoms with van der Waals surface area (Å²) in [5.41, 5.74) is 1.03. The number of halogens is 3. The molecule has 1 unspecified atom stereocenters. The minimum Gasteiger partial charge on any atom is -0.454 e. The average Bonchev–Trinajstić information content (AvgIpc) is 3.44. The lowest BCUT2D eigenvalue weighted by atomic mass is 9.91. The summed E-state index contributed by atoms with van der Waals surface area (Å²) in [6.07, 6.45) is 6.41. The van der Waals surface area contributed by atoms with Crippen molar-refractivity contribution >= 4 is 17.2 Å². The third kappa shape index (κ3) is 5.13. The summed E-state index contributed by atoms with van der Waals surface area (Å²) < 4.78 is 50.9. The standard InChI is InChI=1S/C31H26F3N3O3.CH4/c1-31(39,19-6-2-4-17(14-19)5-3-13-38)24-16-36-30(37-24)22-15-20(9-10-23(22)32)40-29-25(18-7-8-18)21-11-12-35-28(21)26(33)27(29)34;/h2,4,6,9-16,18,35,39H,3,5,7-8H2,1H3,(H,36,37);1H4. The van der Waals surface area contributed by atoms with Crippen molar-refractivity contribution in [2.24, 2.45) is 0 Å². The average molecular weight is 562 g/mol. The van der Waals surface area contributed by atoms with Crippen molar-refractivity contribution in [3.63, 3.8) is 0 Å². The number of fused-ring (bicyclic) bond motifs is 1. The first kappa shape index (κ1) is 28.2. The Balaban J connectivity index is 0.00000337. The smallest absolute Gasteiger partial charge is 0.203 e. The Morgan fingerprint density at radius 3 is 2.68 bits per heavy atom. The maximum absolute atomic E-state index is 15.2. The van der Waals surface area contributed by atoms with Gasteiger partial charge in [-0.2, -0.15) is 4.39 Å². The Kier molecular flexibility index (Phi) is 7.48. The Morgan fingerprint density at radius 1 is 1.12 bits per heavy atom. The van der Waals surface area contributed by atoms with Crippen LogP contribution in [0.4, 0.5) is 13.2 Å². The summed E-state index contributed by atoms with van der Waals surface area (Å²) in [4.78, 5) is 20.8. The molecule has 0 spiro atoms. The molecule has 1 aliphatic carbocycles. The second-order valence-corrected chi connectivity index (χ2v) is 10.3. The predicted octanol–water partition coefficient (Wildman–Crippen LogP) is 7.67. The van der Waals surface area contributed by atoms with Crippen LogP contribution in [0.2, 0.25) is 0 Å². The minimum atomic E-state index is -1.49. The van der Waals surface area contributed by atoms with Gasteiger partial charge >= 0.3 is 0 Å². The number of carbonyl (C=O) groups is 1. The van der Waals surface area contributed by atoms with E-state index in [1.807, 2.05) is 12.1 Å². The topological polar surface area (TPSA) is 91.0 Å². The molecule has 6 rings (SSSR count). The number of nitrogens with one attached hydrogen (secondary N) is 2. The van der Waals surface area contributed by atoms with E-state index in [4.69, 9.17) is 4.74 Å². The van der Waals surface area contributed by atoms with Crippen LogP contribution in [0.3, 0.4) is 0 Å². The first-order valence-corrected chi connectivity index (χ1v) is 13.0. The molecule has 0 amide bonds. The highest BCUT2D eigenvalue weighted by Gasteiger charge is 2.34. The Morgan fingerprint density at radius 2 is 1.93 bits per heavy atom. The number of aryl methyl sites for hydroxylation is 1. The van der Waals surface area contributed by atoms with Crippen LogP contribution in [0.1, 0.15) is 61.9 Å². The number of H-pyrrole nitrogens is 2. The highest BCUT2D eigenvalue weighted by Crippen LogP contribution is 2.50. The SMILES string of the molecule is C.CC(O)(c1cccc(CCC=O)c1)c1cnc(-c2cc(Oc3c(F)c(F)c4[nH]ccc4c3C3CC3)ccc2F)[nH]1. The van der Waals surface area contributed by atoms with Gasteiger partial charge in [0.05, 0.1) is 23.0 Å². The van der Waals surface area contributed by atoms with Crippen molar-refractivity contribution in [1.82, 2.24) is 15.0 Å². The molecule has 3 aromatic carbocycles. The molecule has 3 N–H and O–H groups in total. The highest BCUT2D eigenvalue weighted by molar-refractivity contribution is 5.87. The Bertz CT molecular complexity index is 1740. The molecular formula is C32H30F3N3O3. The third-order valence-electron chi connectivity index (χ3n) is 7.43. The molecule has 5 aromatic rings. The zero-order valence-electron chi connectivity index (χ0n) is 21.6. The molecule has 41 heavy (non-hydrogen) atoms. The van der Waals surface area contributed by atoms with Gasteiger partial charge < -0.3 is 24.6 Å². The molecule has 2 aromatic heterocycles. The van der Waals surface area contributed by atoms with Crippen LogP contribution < -0.4 is 4.74 Å². The normalized spacial score (nSPS) is 14.5. The molecule has 1 aliphatic rings. The molecule has 0 aliphatic heterocycles. The predicted molar refractivity (Wildman–Crippen MR) is 150 cm³/mol. The molecule has 2 heterocycles. The van der Waals surface area contributed by atoms with E-state index in [9.17, 15) is 18.7 Å². The molecule has 0 bridgehead atoms. The van der Waals surface area contributed by atoms with Gasteiger partial charge in [0.25, 0.3) is 0 Å². The molecule has 1 saturated carbocycles. The monoisotopic (exact) mass is 561 g/mol. The Hall–Kier alpha value is -4.37. The van der Waals surface area contributed by atoms with Crippen molar-refractivity contribution in [2.45, 2.75) is 51.6 Å². The van der Waals surface area contributed by atoms with E-state index in [-0.39, 0.29) is 41.7 Å². The maximum Gasteiger partial charge on any atom is 0.203 e. The van der Waals surface area contributed by atoms with Gasteiger partial charge in [-0.3, -0.25) is 0 Å². The van der Waals surface area contributed by atoms with Crippen LogP contribution in [0.25, 0.3) is 22.3 Å². The van der Waals surface area contributed by atoms with Crippen molar-refractivity contribution in [3.05, 3.63) is 101 Å². The number of hydrogen-bond donors (Lipinski definition) is 3. The van der Waals surface area contributed by atoms with Crippen LogP contribution in [-0.2, 0) is 16.8 Å². The zero-order valence-corrected chi connectivity index (χ0v) is 21.6. The minimum absolute atomic E-state index is 0. The number of hydrogen-bond acceptors (Lipinski definition) is 4. The van der Waals surface area contributed by atoms with Crippen molar-refractivity contribution < 1.29 is 27.8 Å². The van der Waals surface area contributed by atoms with E-state index in [0.717, 1.165) is 24.7 Å². The van der Waals surface area contributed by atoms with Gasteiger partial charge in [-0.15, -0.1) is 0 Å². The summed E-state index contributed by atoms with van der Waals surface area (Å²) >= 11 is 0. The van der Waals surface area contributed by atoms with Gasteiger partial charge in [0, 0.05) is 23.6 Å². The fourth-order valence-corrected chi connectivity index (χ4v) is 5.09. The van der Waals surface area contributed by atoms with Gasteiger partial charge in [0.15, 0.2) is 11.6 Å². The second kappa shape index (κ2) is 10.9. The van der Waals surface area contributed by atoms with Gasteiger partial charge in [-0.05, 0) is 67.5 Å². The number of rotatable bonds is 9. The number of aromatic amines is 2. The molecular weight excluding hydrogens is 531 g/mol. The summed E-state index contributed by atoms with van der Waals surface area (Å²) in [5, 5.41) is 11.9. The van der Waals surface area contributed by atoms with Crippen molar-refractivity contribution in [2.75, 3.05) is 0 Å². The fourth-order valence-electron chi connectivity index (χ4n) is 5.09. The number of imidazole rings is 1.